The Bertz CT molecular complexity index is 150. The molecule has 15 heavy (non-hydrogen) atoms. The van der Waals surface area contributed by atoms with Crippen molar-refractivity contribution in [2.75, 3.05) is 59.6 Å². The molecule has 1 fully saturated rings. The Morgan fingerprint density at radius 3 is 2.60 bits per heavy atom. The molecule has 0 spiro atoms. The molecule has 1 saturated heterocycles. The van der Waals surface area contributed by atoms with Crippen LogP contribution in [0.15, 0.2) is 0 Å². The molecule has 1 heterocycles. The third-order valence-corrected chi connectivity index (χ3v) is 2.85. The second-order valence-corrected chi connectivity index (χ2v) is 4.19. The molecule has 1 rings (SSSR count). The first-order valence-electron chi connectivity index (χ1n) is 5.92. The molecule has 0 aromatic rings. The Balaban J connectivity index is 1.84. The quantitative estimate of drug-likeness (QED) is 0.580. The van der Waals surface area contributed by atoms with Gasteiger partial charge in [-0.05, 0) is 33.0 Å². The zero-order chi connectivity index (χ0) is 10.9. The van der Waals surface area contributed by atoms with Crippen LogP contribution in [0.2, 0.25) is 0 Å². The predicted molar refractivity (Wildman–Crippen MR) is 61.1 cm³/mol. The van der Waals surface area contributed by atoms with E-state index in [2.05, 4.69) is 9.80 Å². The summed E-state index contributed by atoms with van der Waals surface area (Å²) in [5.41, 5.74) is 0. The van der Waals surface area contributed by atoms with Crippen molar-refractivity contribution in [3.8, 4) is 0 Å². The van der Waals surface area contributed by atoms with E-state index >= 15 is 0 Å². The van der Waals surface area contributed by atoms with E-state index in [0.29, 0.717) is 0 Å². The number of likely N-dealkylation sites (N-methyl/N-ethyl adjacent to an activating group) is 1. The summed E-state index contributed by atoms with van der Waals surface area (Å²) >= 11 is 0. The molecular formula is C11H24N2O2. The van der Waals surface area contributed by atoms with E-state index in [4.69, 9.17) is 9.84 Å². The molecule has 0 saturated carbocycles. The Kier molecular flexibility index (Phi) is 6.92. The van der Waals surface area contributed by atoms with Gasteiger partial charge in [-0.3, -0.25) is 0 Å². The average molecular weight is 216 g/mol. The third-order valence-electron chi connectivity index (χ3n) is 2.85. The van der Waals surface area contributed by atoms with Crippen LogP contribution in [-0.2, 0) is 4.74 Å². The van der Waals surface area contributed by atoms with Crippen LogP contribution in [0.4, 0.5) is 0 Å². The summed E-state index contributed by atoms with van der Waals surface area (Å²) in [5, 5.41) is 8.69. The van der Waals surface area contributed by atoms with Crippen molar-refractivity contribution in [2.24, 2.45) is 0 Å². The van der Waals surface area contributed by atoms with Gasteiger partial charge in [0.1, 0.15) is 0 Å². The fraction of sp³-hybridized carbons (Fsp3) is 1.00. The van der Waals surface area contributed by atoms with E-state index in [1.165, 1.54) is 25.9 Å². The molecule has 0 bridgehead atoms. The van der Waals surface area contributed by atoms with Crippen molar-refractivity contribution in [2.45, 2.75) is 12.8 Å². The fourth-order valence-corrected chi connectivity index (χ4v) is 1.80. The number of hydrogen-bond donors (Lipinski definition) is 1. The minimum Gasteiger partial charge on any atom is -0.395 e. The summed E-state index contributed by atoms with van der Waals surface area (Å²) in [4.78, 5) is 4.54. The number of likely N-dealkylation sites (tertiary alicyclic amines) is 1. The van der Waals surface area contributed by atoms with Crippen LogP contribution < -0.4 is 0 Å². The molecule has 1 aliphatic rings. The van der Waals surface area contributed by atoms with Gasteiger partial charge in [-0.1, -0.05) is 0 Å². The van der Waals surface area contributed by atoms with Gasteiger partial charge in [0.15, 0.2) is 0 Å². The van der Waals surface area contributed by atoms with Crippen LogP contribution >= 0.6 is 0 Å². The van der Waals surface area contributed by atoms with Crippen LogP contribution in [0.5, 0.6) is 0 Å². The maximum absolute atomic E-state index is 8.69. The lowest BCUT2D eigenvalue weighted by Gasteiger charge is -2.17. The van der Waals surface area contributed by atoms with Gasteiger partial charge < -0.3 is 19.6 Å². The summed E-state index contributed by atoms with van der Waals surface area (Å²) < 4.78 is 5.55. The Labute approximate surface area is 92.8 Å². The zero-order valence-electron chi connectivity index (χ0n) is 9.82. The summed E-state index contributed by atoms with van der Waals surface area (Å²) in [7, 11) is 2.00. The minimum absolute atomic E-state index is 0.226. The van der Waals surface area contributed by atoms with E-state index < -0.39 is 0 Å². The lowest BCUT2D eigenvalue weighted by molar-refractivity contribution is 0.0895. The van der Waals surface area contributed by atoms with E-state index in [0.717, 1.165) is 32.8 Å². The van der Waals surface area contributed by atoms with Crippen molar-refractivity contribution < 1.29 is 9.84 Å². The second kappa shape index (κ2) is 8.05. The van der Waals surface area contributed by atoms with Crippen molar-refractivity contribution in [3.63, 3.8) is 0 Å². The highest BCUT2D eigenvalue weighted by molar-refractivity contribution is 4.65. The third kappa shape index (κ3) is 6.10. The summed E-state index contributed by atoms with van der Waals surface area (Å²) in [5.74, 6) is 0. The molecule has 0 radical (unpaired) electrons. The molecule has 90 valence electrons. The molecule has 1 N–H and O–H groups in total. The monoisotopic (exact) mass is 216 g/mol. The maximum Gasteiger partial charge on any atom is 0.0594 e. The summed E-state index contributed by atoms with van der Waals surface area (Å²) in [6, 6.07) is 0. The molecule has 0 amide bonds. The molecule has 0 aromatic heterocycles. The average Bonchev–Trinajstić information content (AvgIpc) is 2.70. The van der Waals surface area contributed by atoms with Crippen molar-refractivity contribution in [1.82, 2.24) is 9.80 Å². The summed E-state index contributed by atoms with van der Waals surface area (Å²) in [6.45, 7) is 7.03. The van der Waals surface area contributed by atoms with Gasteiger partial charge >= 0.3 is 0 Å². The van der Waals surface area contributed by atoms with Gasteiger partial charge in [-0.15, -0.1) is 0 Å². The van der Waals surface area contributed by atoms with Crippen LogP contribution in [0.1, 0.15) is 12.8 Å². The lowest BCUT2D eigenvalue weighted by Crippen LogP contribution is -2.28. The number of aliphatic hydroxyl groups is 1. The first-order valence-corrected chi connectivity index (χ1v) is 5.92. The highest BCUT2D eigenvalue weighted by atomic mass is 16.5. The topological polar surface area (TPSA) is 35.9 Å². The normalized spacial score (nSPS) is 17.8. The molecule has 0 atom stereocenters. The van der Waals surface area contributed by atoms with Gasteiger partial charge in [0, 0.05) is 19.6 Å². The van der Waals surface area contributed by atoms with Crippen LogP contribution in [0.3, 0.4) is 0 Å². The van der Waals surface area contributed by atoms with Gasteiger partial charge in [-0.2, -0.15) is 0 Å². The zero-order valence-corrected chi connectivity index (χ0v) is 9.82. The number of hydrogen-bond acceptors (Lipinski definition) is 4. The van der Waals surface area contributed by atoms with E-state index in [-0.39, 0.29) is 6.61 Å². The van der Waals surface area contributed by atoms with Crippen molar-refractivity contribution in [1.29, 1.82) is 0 Å². The molecule has 0 aromatic carbocycles. The second-order valence-electron chi connectivity index (χ2n) is 4.19. The van der Waals surface area contributed by atoms with E-state index in [9.17, 15) is 0 Å². The molecule has 1 aliphatic heterocycles. The Morgan fingerprint density at radius 2 is 1.93 bits per heavy atom. The summed E-state index contributed by atoms with van der Waals surface area (Å²) in [6.07, 6.45) is 2.69. The highest BCUT2D eigenvalue weighted by Crippen LogP contribution is 2.05. The Hall–Kier alpha value is -0.160. The number of aliphatic hydroxyl groups excluding tert-OH is 1. The molecule has 4 heteroatoms. The van der Waals surface area contributed by atoms with Crippen LogP contribution in [-0.4, -0.2) is 74.5 Å². The maximum atomic E-state index is 8.69. The first-order chi connectivity index (χ1) is 7.33. The van der Waals surface area contributed by atoms with Gasteiger partial charge in [0.25, 0.3) is 0 Å². The van der Waals surface area contributed by atoms with E-state index in [1.54, 1.807) is 0 Å². The van der Waals surface area contributed by atoms with E-state index in [1.807, 2.05) is 7.05 Å². The smallest absolute Gasteiger partial charge is 0.0594 e. The van der Waals surface area contributed by atoms with Crippen LogP contribution in [0.25, 0.3) is 0 Å². The first kappa shape index (κ1) is 12.9. The molecule has 0 unspecified atom stereocenters. The fourth-order valence-electron chi connectivity index (χ4n) is 1.80. The van der Waals surface area contributed by atoms with Crippen LogP contribution in [0, 0.1) is 0 Å². The largest absolute Gasteiger partial charge is 0.395 e. The van der Waals surface area contributed by atoms with Gasteiger partial charge in [-0.25, -0.2) is 0 Å². The number of ether oxygens (including phenoxy) is 1. The Morgan fingerprint density at radius 1 is 1.20 bits per heavy atom. The van der Waals surface area contributed by atoms with Crippen molar-refractivity contribution >= 4 is 0 Å². The van der Waals surface area contributed by atoms with Crippen molar-refractivity contribution in [3.05, 3.63) is 0 Å². The highest BCUT2D eigenvalue weighted by Gasteiger charge is 2.10. The molecule has 0 aliphatic carbocycles. The number of rotatable bonds is 8. The minimum atomic E-state index is 0.226. The lowest BCUT2D eigenvalue weighted by atomic mass is 10.4. The predicted octanol–water partition coefficient (Wildman–Crippen LogP) is 0.0229. The van der Waals surface area contributed by atoms with Gasteiger partial charge in [0.05, 0.1) is 19.8 Å². The number of nitrogens with zero attached hydrogens (tertiary/aromatic N) is 2. The molecular weight excluding hydrogens is 192 g/mol. The molecule has 4 nitrogen and oxygen atoms in total. The standard InChI is InChI=1S/C11H24N2O2/c1-12(6-9-14)7-10-15-11-8-13-4-2-3-5-13/h14H,2-11H2,1H3. The van der Waals surface area contributed by atoms with Gasteiger partial charge in [0.2, 0.25) is 0 Å². The SMILES string of the molecule is CN(CCO)CCOCCN1CCCC1.